The highest BCUT2D eigenvalue weighted by molar-refractivity contribution is 7.10. The summed E-state index contributed by atoms with van der Waals surface area (Å²) in [5, 5.41) is 2.10. The van der Waals surface area contributed by atoms with E-state index < -0.39 is 0 Å². The molecular formula is C20H21NO4S. The molecule has 136 valence electrons. The van der Waals surface area contributed by atoms with Crippen molar-refractivity contribution < 1.29 is 19.0 Å². The number of rotatable bonds is 3. The van der Waals surface area contributed by atoms with E-state index in [4.69, 9.17) is 14.2 Å². The number of fused-ring (bicyclic) bond motifs is 2. The summed E-state index contributed by atoms with van der Waals surface area (Å²) in [6, 6.07) is 5.96. The first-order chi connectivity index (χ1) is 12.7. The Morgan fingerprint density at radius 1 is 1.35 bits per heavy atom. The summed E-state index contributed by atoms with van der Waals surface area (Å²) in [5.41, 5.74) is 2.12. The highest BCUT2D eigenvalue weighted by Gasteiger charge is 2.27. The van der Waals surface area contributed by atoms with Crippen molar-refractivity contribution in [3.8, 4) is 17.2 Å². The smallest absolute Gasteiger partial charge is 0.247 e. The van der Waals surface area contributed by atoms with Gasteiger partial charge in [-0.1, -0.05) is 0 Å². The van der Waals surface area contributed by atoms with Gasteiger partial charge in [0.2, 0.25) is 11.7 Å². The number of hydrogen-bond donors (Lipinski definition) is 0. The van der Waals surface area contributed by atoms with Crippen molar-refractivity contribution >= 4 is 23.3 Å². The van der Waals surface area contributed by atoms with Gasteiger partial charge in [-0.05, 0) is 54.1 Å². The van der Waals surface area contributed by atoms with Crippen LogP contribution in [0.15, 0.2) is 29.7 Å². The second-order valence-electron chi connectivity index (χ2n) is 6.34. The van der Waals surface area contributed by atoms with E-state index in [2.05, 4.69) is 18.4 Å². The van der Waals surface area contributed by atoms with E-state index >= 15 is 0 Å². The first-order valence-electron chi connectivity index (χ1n) is 8.70. The minimum atomic E-state index is 0.0169. The number of carbonyl (C=O) groups excluding carboxylic acids is 1. The molecule has 4 rings (SSSR count). The number of hydrogen-bond acceptors (Lipinski definition) is 5. The van der Waals surface area contributed by atoms with Crippen LogP contribution >= 0.6 is 11.3 Å². The lowest BCUT2D eigenvalue weighted by molar-refractivity contribution is -0.128. The van der Waals surface area contributed by atoms with E-state index in [9.17, 15) is 4.79 Å². The lowest BCUT2D eigenvalue weighted by Crippen LogP contribution is -2.37. The summed E-state index contributed by atoms with van der Waals surface area (Å²) in [6.07, 6.45) is 4.35. The predicted molar refractivity (Wildman–Crippen MR) is 101 cm³/mol. The van der Waals surface area contributed by atoms with Gasteiger partial charge in [-0.3, -0.25) is 4.79 Å². The summed E-state index contributed by atoms with van der Waals surface area (Å²) in [5.74, 6) is 1.90. The van der Waals surface area contributed by atoms with E-state index in [-0.39, 0.29) is 11.9 Å². The maximum absolute atomic E-state index is 12.7. The van der Waals surface area contributed by atoms with E-state index in [1.807, 2.05) is 17.0 Å². The number of amides is 1. The van der Waals surface area contributed by atoms with Crippen molar-refractivity contribution in [3.63, 3.8) is 0 Å². The second-order valence-corrected chi connectivity index (χ2v) is 7.34. The minimum absolute atomic E-state index is 0.0169. The lowest BCUT2D eigenvalue weighted by Gasteiger charge is -2.32. The van der Waals surface area contributed by atoms with Crippen molar-refractivity contribution in [1.29, 1.82) is 0 Å². The Balaban J connectivity index is 1.54. The molecular weight excluding hydrogens is 350 g/mol. The van der Waals surface area contributed by atoms with Gasteiger partial charge in [0.05, 0.1) is 13.2 Å². The molecule has 0 spiro atoms. The fourth-order valence-electron chi connectivity index (χ4n) is 3.46. The third-order valence-electron chi connectivity index (χ3n) is 4.83. The van der Waals surface area contributed by atoms with Crippen molar-refractivity contribution in [2.24, 2.45) is 0 Å². The predicted octanol–water partition coefficient (Wildman–Crippen LogP) is 3.69. The maximum Gasteiger partial charge on any atom is 0.247 e. The normalized spacial score (nSPS) is 18.7. The van der Waals surface area contributed by atoms with Gasteiger partial charge >= 0.3 is 0 Å². The van der Waals surface area contributed by atoms with Crippen LogP contribution in [0.3, 0.4) is 0 Å². The van der Waals surface area contributed by atoms with Crippen LogP contribution < -0.4 is 14.2 Å². The third-order valence-corrected chi connectivity index (χ3v) is 5.83. The number of ether oxygens (including phenoxy) is 3. The first kappa shape index (κ1) is 17.0. The zero-order valence-electron chi connectivity index (χ0n) is 14.9. The summed E-state index contributed by atoms with van der Waals surface area (Å²) in [7, 11) is 1.60. The van der Waals surface area contributed by atoms with Gasteiger partial charge in [-0.15, -0.1) is 11.3 Å². The van der Waals surface area contributed by atoms with Crippen molar-refractivity contribution in [2.75, 3.05) is 26.9 Å². The van der Waals surface area contributed by atoms with E-state index in [1.165, 1.54) is 10.4 Å². The van der Waals surface area contributed by atoms with Gasteiger partial charge in [0.25, 0.3) is 0 Å². The molecule has 1 unspecified atom stereocenters. The molecule has 0 N–H and O–H groups in total. The fourth-order valence-corrected chi connectivity index (χ4v) is 4.43. The van der Waals surface area contributed by atoms with Crippen LogP contribution in [-0.4, -0.2) is 37.7 Å². The number of nitrogens with zero attached hydrogens (tertiary/aromatic N) is 1. The molecule has 1 atom stereocenters. The second kappa shape index (κ2) is 7.03. The third kappa shape index (κ3) is 3.05. The SMILES string of the molecule is COc1cc(/C=C/C(=O)N2CCc3sccc3C2C)cc2c1OCCO2. The molecule has 0 bridgehead atoms. The van der Waals surface area contributed by atoms with Crippen LogP contribution in [0.4, 0.5) is 0 Å². The molecule has 0 fully saturated rings. The molecule has 5 nitrogen and oxygen atoms in total. The molecule has 26 heavy (non-hydrogen) atoms. The number of carbonyl (C=O) groups is 1. The van der Waals surface area contributed by atoms with Gasteiger partial charge in [0, 0.05) is 17.5 Å². The molecule has 0 radical (unpaired) electrons. The topological polar surface area (TPSA) is 48.0 Å². The zero-order valence-corrected chi connectivity index (χ0v) is 15.7. The van der Waals surface area contributed by atoms with Crippen molar-refractivity contribution in [1.82, 2.24) is 4.90 Å². The van der Waals surface area contributed by atoms with Crippen LogP contribution in [0.1, 0.15) is 29.0 Å². The van der Waals surface area contributed by atoms with Crippen molar-refractivity contribution in [3.05, 3.63) is 45.7 Å². The number of methoxy groups -OCH3 is 1. The molecule has 1 aromatic heterocycles. The summed E-state index contributed by atoms with van der Waals surface area (Å²) in [4.78, 5) is 16.0. The Morgan fingerprint density at radius 3 is 3.04 bits per heavy atom. The van der Waals surface area contributed by atoms with E-state index in [0.29, 0.717) is 30.5 Å². The standard InChI is InChI=1S/C20H21NO4S/c1-13-15-6-10-26-18(15)5-7-21(13)19(22)4-3-14-11-16(23-2)20-17(12-14)24-8-9-25-20/h3-4,6,10-13H,5,7-9H2,1-2H3/b4-3+. The number of thiophene rings is 1. The van der Waals surface area contributed by atoms with Gasteiger partial charge in [-0.25, -0.2) is 0 Å². The van der Waals surface area contributed by atoms with E-state index in [1.54, 1.807) is 30.6 Å². The monoisotopic (exact) mass is 371 g/mol. The Morgan fingerprint density at radius 2 is 2.19 bits per heavy atom. The average molecular weight is 371 g/mol. The van der Waals surface area contributed by atoms with Crippen LogP contribution in [-0.2, 0) is 11.2 Å². The molecule has 0 saturated heterocycles. The van der Waals surface area contributed by atoms with Crippen molar-refractivity contribution in [2.45, 2.75) is 19.4 Å². The highest BCUT2D eigenvalue weighted by Crippen LogP contribution is 2.40. The molecule has 1 aromatic carbocycles. The Hall–Kier alpha value is -2.47. The first-order valence-corrected chi connectivity index (χ1v) is 9.58. The van der Waals surface area contributed by atoms with E-state index in [0.717, 1.165) is 18.5 Å². The van der Waals surface area contributed by atoms with Crippen LogP contribution in [0.25, 0.3) is 6.08 Å². The number of benzene rings is 1. The molecule has 1 amide bonds. The Kier molecular flexibility index (Phi) is 4.59. The van der Waals surface area contributed by atoms with Gasteiger partial charge in [0.1, 0.15) is 13.2 Å². The summed E-state index contributed by atoms with van der Waals surface area (Å²) < 4.78 is 16.6. The molecule has 0 saturated carbocycles. The highest BCUT2D eigenvalue weighted by atomic mass is 32.1. The maximum atomic E-state index is 12.7. The minimum Gasteiger partial charge on any atom is -0.493 e. The zero-order chi connectivity index (χ0) is 18.1. The quantitative estimate of drug-likeness (QED) is 0.772. The van der Waals surface area contributed by atoms with Gasteiger partial charge in [-0.2, -0.15) is 0 Å². The molecule has 3 heterocycles. The molecule has 2 aromatic rings. The largest absolute Gasteiger partial charge is 0.493 e. The van der Waals surface area contributed by atoms with Gasteiger partial charge in [0.15, 0.2) is 11.5 Å². The summed E-state index contributed by atoms with van der Waals surface area (Å²) in [6.45, 7) is 3.86. The Labute approximate surface area is 156 Å². The summed E-state index contributed by atoms with van der Waals surface area (Å²) >= 11 is 1.77. The van der Waals surface area contributed by atoms with Crippen LogP contribution in [0.5, 0.6) is 17.2 Å². The fraction of sp³-hybridized carbons (Fsp3) is 0.350. The Bertz CT molecular complexity index is 840. The lowest BCUT2D eigenvalue weighted by atomic mass is 10.0. The molecule has 6 heteroatoms. The molecule has 2 aliphatic rings. The average Bonchev–Trinajstić information content (AvgIpc) is 3.15. The molecule has 0 aliphatic carbocycles. The van der Waals surface area contributed by atoms with Gasteiger partial charge < -0.3 is 19.1 Å². The van der Waals surface area contributed by atoms with Crippen LogP contribution in [0.2, 0.25) is 0 Å². The molecule has 2 aliphatic heterocycles. The van der Waals surface area contributed by atoms with Crippen LogP contribution in [0, 0.1) is 0 Å².